The Balaban J connectivity index is 0.000000806. The predicted octanol–water partition coefficient (Wildman–Crippen LogP) is 5.88. The first-order valence-corrected chi connectivity index (χ1v) is 13.3. The summed E-state index contributed by atoms with van der Waals surface area (Å²) in [6.07, 6.45) is 1.12. The van der Waals surface area contributed by atoms with Crippen LogP contribution in [0.25, 0.3) is 0 Å². The number of ether oxygens (including phenoxy) is 2. The standard InChI is InChI=1S/C23H35ClFN3O3.C7H9N/c1-8-31-21-10-19(25)18(24)9-17(21)12-27-14-23(4,5)11-15(2)28-20(13-29)22(26-6)16(3)30-7;1-8-7-5-3-2-4-6-7/h9-10,13,16,26-28H,2,8,11-12,14H2,1,3-7H3;2-6,8H,1H3/b22-20+;/t16-;/m1./s1. The molecule has 1 atom stereocenters. The molecule has 4 N–H and O–H groups in total. The van der Waals surface area contributed by atoms with Crippen molar-refractivity contribution in [1.29, 1.82) is 0 Å². The van der Waals surface area contributed by atoms with Gasteiger partial charge in [0, 0.05) is 57.3 Å². The van der Waals surface area contributed by atoms with Gasteiger partial charge in [0.15, 0.2) is 6.29 Å². The smallest absolute Gasteiger partial charge is 0.168 e. The molecule has 2 aromatic rings. The van der Waals surface area contributed by atoms with E-state index in [1.165, 1.54) is 6.07 Å². The van der Waals surface area contributed by atoms with Gasteiger partial charge in [-0.1, -0.05) is 50.2 Å². The average molecular weight is 563 g/mol. The van der Waals surface area contributed by atoms with Gasteiger partial charge in [0.05, 0.1) is 23.4 Å². The van der Waals surface area contributed by atoms with Gasteiger partial charge in [-0.15, -0.1) is 0 Å². The van der Waals surface area contributed by atoms with Crippen LogP contribution in [-0.2, 0) is 16.1 Å². The minimum atomic E-state index is -0.501. The van der Waals surface area contributed by atoms with Gasteiger partial charge in [-0.05, 0) is 43.9 Å². The van der Waals surface area contributed by atoms with Crippen LogP contribution in [0.15, 0.2) is 66.1 Å². The van der Waals surface area contributed by atoms with Gasteiger partial charge in [0.2, 0.25) is 0 Å². The van der Waals surface area contributed by atoms with E-state index in [-0.39, 0.29) is 16.5 Å². The van der Waals surface area contributed by atoms with Crippen LogP contribution in [0, 0.1) is 11.2 Å². The van der Waals surface area contributed by atoms with Crippen LogP contribution >= 0.6 is 11.6 Å². The van der Waals surface area contributed by atoms with E-state index in [1.54, 1.807) is 20.2 Å². The number of hydrogen-bond acceptors (Lipinski definition) is 7. The summed E-state index contributed by atoms with van der Waals surface area (Å²) < 4.78 is 24.6. The second-order valence-electron chi connectivity index (χ2n) is 9.67. The van der Waals surface area contributed by atoms with E-state index in [9.17, 15) is 9.18 Å². The van der Waals surface area contributed by atoms with Crippen molar-refractivity contribution in [2.24, 2.45) is 5.41 Å². The Morgan fingerprint density at radius 1 is 1.21 bits per heavy atom. The van der Waals surface area contributed by atoms with Crippen molar-refractivity contribution in [1.82, 2.24) is 16.0 Å². The average Bonchev–Trinajstić information content (AvgIpc) is 2.91. The van der Waals surface area contributed by atoms with Gasteiger partial charge in [0.25, 0.3) is 0 Å². The van der Waals surface area contributed by atoms with Crippen LogP contribution in [-0.4, -0.2) is 46.7 Å². The largest absolute Gasteiger partial charge is 0.493 e. The molecule has 0 saturated heterocycles. The molecule has 0 aliphatic heterocycles. The molecule has 39 heavy (non-hydrogen) atoms. The SMILES string of the molecule is C=C(CC(C)(C)CNCc1cc(Cl)c(F)cc1OCC)N/C(C=O)=C(/NC)[C@@H](C)OC.CNc1ccccc1. The van der Waals surface area contributed by atoms with Crippen molar-refractivity contribution in [3.05, 3.63) is 82.5 Å². The molecule has 2 aromatic carbocycles. The number of aldehydes is 1. The number of para-hydroxylation sites is 1. The number of halogens is 2. The number of anilines is 1. The summed E-state index contributed by atoms with van der Waals surface area (Å²) >= 11 is 5.93. The van der Waals surface area contributed by atoms with E-state index in [1.807, 2.05) is 51.2 Å². The zero-order valence-electron chi connectivity index (χ0n) is 24.2. The third-order valence-electron chi connectivity index (χ3n) is 5.83. The summed E-state index contributed by atoms with van der Waals surface area (Å²) in [5.41, 5.74) is 3.55. The lowest BCUT2D eigenvalue weighted by Crippen LogP contribution is -2.33. The third kappa shape index (κ3) is 12.1. The fourth-order valence-corrected chi connectivity index (χ4v) is 4.03. The van der Waals surface area contributed by atoms with E-state index in [0.717, 1.165) is 17.5 Å². The van der Waals surface area contributed by atoms with E-state index in [0.29, 0.717) is 49.0 Å². The van der Waals surface area contributed by atoms with Crippen LogP contribution in [0.5, 0.6) is 5.75 Å². The molecule has 0 spiro atoms. The van der Waals surface area contributed by atoms with Crippen molar-refractivity contribution < 1.29 is 18.7 Å². The summed E-state index contributed by atoms with van der Waals surface area (Å²) in [5.74, 6) is -0.0206. The molecule has 0 fully saturated rings. The van der Waals surface area contributed by atoms with E-state index in [4.69, 9.17) is 21.1 Å². The number of hydrogen-bond donors (Lipinski definition) is 4. The van der Waals surface area contributed by atoms with Gasteiger partial charge in [-0.2, -0.15) is 0 Å². The van der Waals surface area contributed by atoms with Crippen molar-refractivity contribution in [2.75, 3.05) is 39.7 Å². The van der Waals surface area contributed by atoms with Crippen molar-refractivity contribution >= 4 is 23.6 Å². The Bertz CT molecular complexity index is 1080. The van der Waals surface area contributed by atoms with Crippen LogP contribution in [0.1, 0.15) is 39.7 Å². The number of benzene rings is 2. The van der Waals surface area contributed by atoms with E-state index in [2.05, 4.69) is 41.7 Å². The molecule has 7 nitrogen and oxygen atoms in total. The first kappa shape index (κ1) is 34.0. The van der Waals surface area contributed by atoms with Gasteiger partial charge >= 0.3 is 0 Å². The van der Waals surface area contributed by atoms with Crippen molar-refractivity contribution in [3.63, 3.8) is 0 Å². The summed E-state index contributed by atoms with van der Waals surface area (Å²) in [4.78, 5) is 11.6. The molecule has 0 unspecified atom stereocenters. The number of rotatable bonds is 15. The lowest BCUT2D eigenvalue weighted by Gasteiger charge is -2.27. The van der Waals surface area contributed by atoms with Gasteiger partial charge < -0.3 is 30.7 Å². The molecule has 0 bridgehead atoms. The quantitative estimate of drug-likeness (QED) is 0.159. The third-order valence-corrected chi connectivity index (χ3v) is 6.12. The normalized spacial score (nSPS) is 12.3. The predicted molar refractivity (Wildman–Crippen MR) is 160 cm³/mol. The molecule has 0 amide bonds. The first-order valence-electron chi connectivity index (χ1n) is 12.9. The fraction of sp³-hybridized carbons (Fsp3) is 0.433. The summed E-state index contributed by atoms with van der Waals surface area (Å²) in [7, 11) is 5.24. The molecule has 0 aromatic heterocycles. The van der Waals surface area contributed by atoms with Crippen molar-refractivity contribution in [3.8, 4) is 5.75 Å². The topological polar surface area (TPSA) is 83.7 Å². The lowest BCUT2D eigenvalue weighted by molar-refractivity contribution is -0.105. The molecular formula is C30H44ClFN4O3. The molecule has 0 aliphatic rings. The minimum absolute atomic E-state index is 0.0656. The summed E-state index contributed by atoms with van der Waals surface area (Å²) in [6, 6.07) is 13.0. The summed E-state index contributed by atoms with van der Waals surface area (Å²) in [5, 5.41) is 12.6. The van der Waals surface area contributed by atoms with Crippen molar-refractivity contribution in [2.45, 2.75) is 46.8 Å². The van der Waals surface area contributed by atoms with Crippen LogP contribution in [0.4, 0.5) is 10.1 Å². The molecule has 0 saturated carbocycles. The number of methoxy groups -OCH3 is 1. The van der Waals surface area contributed by atoms with Gasteiger partial charge in [-0.25, -0.2) is 4.39 Å². The zero-order valence-corrected chi connectivity index (χ0v) is 25.0. The molecule has 216 valence electrons. The second-order valence-corrected chi connectivity index (χ2v) is 10.1. The highest BCUT2D eigenvalue weighted by Gasteiger charge is 2.21. The molecule has 9 heteroatoms. The highest BCUT2D eigenvalue weighted by Crippen LogP contribution is 2.27. The number of allylic oxidation sites excluding steroid dienone is 2. The lowest BCUT2D eigenvalue weighted by atomic mass is 9.87. The maximum atomic E-state index is 13.7. The molecular weight excluding hydrogens is 519 g/mol. The number of likely N-dealkylation sites (N-methyl/N-ethyl adjacent to an activating group) is 1. The molecule has 2 rings (SSSR count). The maximum absolute atomic E-state index is 13.7. The van der Waals surface area contributed by atoms with Crippen LogP contribution in [0.2, 0.25) is 5.02 Å². The van der Waals surface area contributed by atoms with Crippen LogP contribution in [0.3, 0.4) is 0 Å². The zero-order chi connectivity index (χ0) is 29.4. The molecule has 0 radical (unpaired) electrons. The molecule has 0 heterocycles. The van der Waals surface area contributed by atoms with E-state index >= 15 is 0 Å². The number of carbonyl (C=O) groups is 1. The Morgan fingerprint density at radius 2 is 1.87 bits per heavy atom. The Labute approximate surface area is 238 Å². The number of nitrogens with one attached hydrogen (secondary N) is 4. The second kappa shape index (κ2) is 17.5. The Kier molecular flexibility index (Phi) is 15.2. The Morgan fingerprint density at radius 3 is 2.38 bits per heavy atom. The van der Waals surface area contributed by atoms with Crippen LogP contribution < -0.4 is 26.0 Å². The minimum Gasteiger partial charge on any atom is -0.493 e. The fourth-order valence-electron chi connectivity index (χ4n) is 3.85. The summed E-state index contributed by atoms with van der Waals surface area (Å²) in [6.45, 7) is 13.5. The number of carbonyl (C=O) groups excluding carboxylic acids is 1. The van der Waals surface area contributed by atoms with Gasteiger partial charge in [0.1, 0.15) is 17.3 Å². The maximum Gasteiger partial charge on any atom is 0.168 e. The highest BCUT2D eigenvalue weighted by atomic mass is 35.5. The highest BCUT2D eigenvalue weighted by molar-refractivity contribution is 6.30. The first-order chi connectivity index (χ1) is 18.5. The monoisotopic (exact) mass is 562 g/mol. The van der Waals surface area contributed by atoms with E-state index < -0.39 is 5.82 Å². The Hall–Kier alpha value is -3.07. The molecule has 0 aliphatic carbocycles. The van der Waals surface area contributed by atoms with Gasteiger partial charge in [-0.3, -0.25) is 4.79 Å².